The Morgan fingerprint density at radius 3 is 3.00 bits per heavy atom. The highest BCUT2D eigenvalue weighted by Crippen LogP contribution is 2.17. The number of hydrogen-bond acceptors (Lipinski definition) is 4. The normalized spacial score (nSPS) is 12.4. The third-order valence-corrected chi connectivity index (χ3v) is 2.63. The minimum Gasteiger partial charge on any atom is -0.480 e. The molecule has 1 unspecified atom stereocenters. The number of carbonyl (C=O) groups is 1. The second kappa shape index (κ2) is 5.62. The highest BCUT2D eigenvalue weighted by molar-refractivity contribution is 7.14. The summed E-state index contributed by atoms with van der Waals surface area (Å²) in [6.45, 7) is 0.524. The number of hydrogen-bond donors (Lipinski definition) is 3. The van der Waals surface area contributed by atoms with Crippen LogP contribution < -0.4 is 11.1 Å². The Kier molecular flexibility index (Phi) is 4.42. The molecule has 5 heteroatoms. The Balaban J connectivity index is 2.47. The Hall–Kier alpha value is -1.07. The Bertz CT molecular complexity index is 274. The SMILES string of the molecule is NCCCC(Nc1cccs1)C(=O)O. The highest BCUT2D eigenvalue weighted by Gasteiger charge is 2.16. The summed E-state index contributed by atoms with van der Waals surface area (Å²) in [7, 11) is 0. The molecule has 0 spiro atoms. The summed E-state index contributed by atoms with van der Waals surface area (Å²) in [4.78, 5) is 10.8. The molecule has 0 fully saturated rings. The van der Waals surface area contributed by atoms with Crippen LogP contribution in [0.3, 0.4) is 0 Å². The van der Waals surface area contributed by atoms with Crippen molar-refractivity contribution in [1.82, 2.24) is 0 Å². The van der Waals surface area contributed by atoms with E-state index in [4.69, 9.17) is 10.8 Å². The van der Waals surface area contributed by atoms with Gasteiger partial charge in [0.2, 0.25) is 0 Å². The zero-order valence-corrected chi connectivity index (χ0v) is 8.59. The quantitative estimate of drug-likeness (QED) is 0.668. The molecule has 4 nitrogen and oxygen atoms in total. The van der Waals surface area contributed by atoms with E-state index in [9.17, 15) is 4.79 Å². The average Bonchev–Trinajstić information content (AvgIpc) is 2.64. The Morgan fingerprint density at radius 1 is 1.71 bits per heavy atom. The topological polar surface area (TPSA) is 75.3 Å². The van der Waals surface area contributed by atoms with Crippen LogP contribution in [0.4, 0.5) is 5.00 Å². The molecule has 1 aromatic heterocycles. The molecule has 4 N–H and O–H groups in total. The molecular formula is C9H14N2O2S. The lowest BCUT2D eigenvalue weighted by Gasteiger charge is -2.13. The van der Waals surface area contributed by atoms with Crippen LogP contribution in [0.5, 0.6) is 0 Å². The standard InChI is InChI=1S/C9H14N2O2S/c10-5-1-3-7(9(12)13)11-8-4-2-6-14-8/h2,4,6-7,11H,1,3,5,10H2,(H,12,13). The van der Waals surface area contributed by atoms with E-state index in [1.807, 2.05) is 17.5 Å². The van der Waals surface area contributed by atoms with Crippen molar-refractivity contribution in [2.75, 3.05) is 11.9 Å². The first-order chi connectivity index (χ1) is 6.74. The molecule has 0 saturated heterocycles. The van der Waals surface area contributed by atoms with Gasteiger partial charge in [0.25, 0.3) is 0 Å². The van der Waals surface area contributed by atoms with Gasteiger partial charge in [-0.25, -0.2) is 4.79 Å². The van der Waals surface area contributed by atoms with Gasteiger partial charge in [0, 0.05) is 0 Å². The van der Waals surface area contributed by atoms with E-state index in [1.54, 1.807) is 0 Å². The summed E-state index contributed by atoms with van der Waals surface area (Å²) in [5.41, 5.74) is 5.33. The molecule has 1 atom stereocenters. The van der Waals surface area contributed by atoms with Crippen molar-refractivity contribution in [1.29, 1.82) is 0 Å². The second-order valence-corrected chi connectivity index (χ2v) is 3.89. The minimum atomic E-state index is -0.827. The fourth-order valence-electron chi connectivity index (χ4n) is 1.11. The van der Waals surface area contributed by atoms with E-state index in [2.05, 4.69) is 5.32 Å². The summed E-state index contributed by atoms with van der Waals surface area (Å²) >= 11 is 1.50. The summed E-state index contributed by atoms with van der Waals surface area (Å²) in [5, 5.41) is 14.6. The molecule has 0 aliphatic carbocycles. The number of aliphatic carboxylic acids is 1. The molecule has 0 radical (unpaired) electrons. The van der Waals surface area contributed by atoms with E-state index in [0.29, 0.717) is 13.0 Å². The van der Waals surface area contributed by atoms with E-state index in [0.717, 1.165) is 11.4 Å². The maximum atomic E-state index is 10.8. The first-order valence-corrected chi connectivity index (χ1v) is 5.35. The molecule has 78 valence electrons. The largest absolute Gasteiger partial charge is 0.480 e. The van der Waals surface area contributed by atoms with Gasteiger partial charge in [-0.3, -0.25) is 0 Å². The fraction of sp³-hybridized carbons (Fsp3) is 0.444. The number of carboxylic acids is 1. The van der Waals surface area contributed by atoms with Gasteiger partial charge in [-0.05, 0) is 36.9 Å². The van der Waals surface area contributed by atoms with Crippen molar-refractivity contribution in [3.8, 4) is 0 Å². The van der Waals surface area contributed by atoms with Gasteiger partial charge >= 0.3 is 5.97 Å². The zero-order chi connectivity index (χ0) is 10.4. The van der Waals surface area contributed by atoms with Crippen molar-refractivity contribution < 1.29 is 9.90 Å². The van der Waals surface area contributed by atoms with Gasteiger partial charge in [0.1, 0.15) is 6.04 Å². The van der Waals surface area contributed by atoms with E-state index in [1.165, 1.54) is 11.3 Å². The lowest BCUT2D eigenvalue weighted by molar-refractivity contribution is -0.138. The van der Waals surface area contributed by atoms with Crippen LogP contribution in [0.2, 0.25) is 0 Å². The number of rotatable bonds is 6. The first-order valence-electron chi connectivity index (χ1n) is 4.47. The molecule has 1 heterocycles. The molecule has 1 rings (SSSR count). The molecule has 0 aliphatic heterocycles. The Labute approximate surface area is 86.7 Å². The van der Waals surface area contributed by atoms with Crippen LogP contribution >= 0.6 is 11.3 Å². The van der Waals surface area contributed by atoms with E-state index < -0.39 is 12.0 Å². The van der Waals surface area contributed by atoms with Crippen LogP contribution in [-0.2, 0) is 4.79 Å². The van der Waals surface area contributed by atoms with E-state index >= 15 is 0 Å². The van der Waals surface area contributed by atoms with Gasteiger partial charge in [-0.1, -0.05) is 0 Å². The predicted molar refractivity (Wildman–Crippen MR) is 57.7 cm³/mol. The summed E-state index contributed by atoms with van der Waals surface area (Å²) < 4.78 is 0. The van der Waals surface area contributed by atoms with Crippen LogP contribution in [0.25, 0.3) is 0 Å². The first kappa shape index (κ1) is 11.0. The summed E-state index contributed by atoms with van der Waals surface area (Å²) in [6, 6.07) is 3.22. The Morgan fingerprint density at radius 2 is 2.50 bits per heavy atom. The maximum absolute atomic E-state index is 10.8. The van der Waals surface area contributed by atoms with Gasteiger partial charge in [-0.2, -0.15) is 0 Å². The molecule has 0 amide bonds. The minimum absolute atomic E-state index is 0.524. The van der Waals surface area contributed by atoms with Crippen molar-refractivity contribution in [3.05, 3.63) is 17.5 Å². The fourth-order valence-corrected chi connectivity index (χ4v) is 1.78. The third-order valence-electron chi connectivity index (χ3n) is 1.83. The van der Waals surface area contributed by atoms with Crippen LogP contribution in [-0.4, -0.2) is 23.7 Å². The lowest BCUT2D eigenvalue weighted by Crippen LogP contribution is -2.29. The number of nitrogens with one attached hydrogen (secondary N) is 1. The van der Waals surface area contributed by atoms with Gasteiger partial charge < -0.3 is 16.2 Å². The monoisotopic (exact) mass is 214 g/mol. The van der Waals surface area contributed by atoms with Crippen LogP contribution in [0, 0.1) is 0 Å². The molecule has 0 aliphatic rings. The van der Waals surface area contributed by atoms with Crippen LogP contribution in [0.1, 0.15) is 12.8 Å². The van der Waals surface area contributed by atoms with Crippen molar-refractivity contribution in [2.45, 2.75) is 18.9 Å². The van der Waals surface area contributed by atoms with Crippen molar-refractivity contribution >= 4 is 22.3 Å². The van der Waals surface area contributed by atoms with Gasteiger partial charge in [0.05, 0.1) is 5.00 Å². The number of nitrogens with two attached hydrogens (primary N) is 1. The maximum Gasteiger partial charge on any atom is 0.326 e. The number of thiophene rings is 1. The number of anilines is 1. The van der Waals surface area contributed by atoms with E-state index in [-0.39, 0.29) is 0 Å². The second-order valence-electron chi connectivity index (χ2n) is 2.94. The zero-order valence-electron chi connectivity index (χ0n) is 7.77. The lowest BCUT2D eigenvalue weighted by atomic mass is 10.1. The molecule has 0 bridgehead atoms. The molecule has 14 heavy (non-hydrogen) atoms. The van der Waals surface area contributed by atoms with Gasteiger partial charge in [0.15, 0.2) is 0 Å². The predicted octanol–water partition coefficient (Wildman–Crippen LogP) is 1.35. The summed E-state index contributed by atoms with van der Waals surface area (Å²) in [5.74, 6) is -0.827. The molecular weight excluding hydrogens is 200 g/mol. The van der Waals surface area contributed by atoms with Crippen LogP contribution in [0.15, 0.2) is 17.5 Å². The summed E-state index contributed by atoms with van der Waals surface area (Å²) in [6.07, 6.45) is 1.28. The number of carboxylic acid groups (broad SMARTS) is 1. The highest BCUT2D eigenvalue weighted by atomic mass is 32.1. The van der Waals surface area contributed by atoms with Crippen molar-refractivity contribution in [3.63, 3.8) is 0 Å². The van der Waals surface area contributed by atoms with Gasteiger partial charge in [-0.15, -0.1) is 11.3 Å². The smallest absolute Gasteiger partial charge is 0.326 e. The molecule has 0 saturated carbocycles. The molecule has 1 aromatic rings. The molecule has 0 aromatic carbocycles. The van der Waals surface area contributed by atoms with Crippen molar-refractivity contribution in [2.24, 2.45) is 5.73 Å². The average molecular weight is 214 g/mol. The third kappa shape index (κ3) is 3.35.